The molecule has 11 nitrogen and oxygen atoms in total. The average molecular weight is 697 g/mol. The Kier molecular flexibility index (Phi) is 24.2. The van der Waals surface area contributed by atoms with E-state index in [9.17, 15) is 32.7 Å². The number of aliphatic carboxylic acids is 1. The Labute approximate surface area is 290 Å². The van der Waals surface area contributed by atoms with Gasteiger partial charge in [0.2, 0.25) is 5.95 Å². The maximum Gasteiger partial charge on any atom is 0.471 e. The molecule has 1 atom stereocenters. The Balaban J connectivity index is 0. The van der Waals surface area contributed by atoms with Crippen molar-refractivity contribution in [3.63, 3.8) is 0 Å². The smallest absolute Gasteiger partial charge is 0.471 e. The number of hydrogen-bond donors (Lipinski definition) is 2. The third-order valence-corrected chi connectivity index (χ3v) is 6.42. The van der Waals surface area contributed by atoms with Crippen LogP contribution in [-0.2, 0) is 16.0 Å². The molecule has 0 spiro atoms. The first-order valence-corrected chi connectivity index (χ1v) is 16.8. The maximum atomic E-state index is 13.4. The first-order chi connectivity index (χ1) is 23.4. The highest BCUT2D eigenvalue weighted by molar-refractivity contribution is 6.00. The monoisotopic (exact) mass is 696 g/mol. The fourth-order valence-corrected chi connectivity index (χ4v) is 4.00. The van der Waals surface area contributed by atoms with E-state index in [0.29, 0.717) is 25.2 Å². The molecule has 0 radical (unpaired) electrons. The first kappa shape index (κ1) is 46.6. The molecule has 0 bridgehead atoms. The Morgan fingerprint density at radius 1 is 1.00 bits per heavy atom. The van der Waals surface area contributed by atoms with Crippen LogP contribution >= 0.6 is 0 Å². The number of ether oxygens (including phenoxy) is 1. The molecule has 276 valence electrons. The predicted molar refractivity (Wildman–Crippen MR) is 190 cm³/mol. The van der Waals surface area contributed by atoms with Gasteiger partial charge in [0.1, 0.15) is 17.5 Å². The lowest BCUT2D eigenvalue weighted by Gasteiger charge is -2.27. The Bertz CT molecular complexity index is 1280. The number of alkyl halides is 3. The maximum absolute atomic E-state index is 13.4. The first-order valence-electron chi connectivity index (χ1n) is 16.8. The molecule has 0 aliphatic rings. The minimum atomic E-state index is -5.26. The summed E-state index contributed by atoms with van der Waals surface area (Å²) in [5.74, 6) is -1.50. The van der Waals surface area contributed by atoms with Gasteiger partial charge < -0.3 is 25.0 Å². The van der Waals surface area contributed by atoms with Crippen LogP contribution in [0.25, 0.3) is 0 Å². The number of amides is 2. The van der Waals surface area contributed by atoms with E-state index in [1.807, 2.05) is 61.3 Å². The van der Waals surface area contributed by atoms with Gasteiger partial charge in [0.15, 0.2) is 5.82 Å². The number of nitrogens with one attached hydrogen (secondary N) is 1. The Hall–Kier alpha value is -4.54. The number of rotatable bonds is 15. The Morgan fingerprint density at radius 3 is 2.04 bits per heavy atom. The summed E-state index contributed by atoms with van der Waals surface area (Å²) < 4.78 is 45.6. The molecule has 1 aromatic carbocycles. The number of unbranched alkanes of at least 4 members (excludes halogenated alkanes) is 2. The minimum absolute atomic E-state index is 0.117. The summed E-state index contributed by atoms with van der Waals surface area (Å²) in [6.07, 6.45) is 3.18. The molecule has 1 heterocycles. The fraction of sp³-hybridized carbons (Fsp3) is 0.571. The number of carboxylic acid groups (broad SMARTS) is 1. The van der Waals surface area contributed by atoms with Crippen LogP contribution < -0.4 is 19.9 Å². The number of anilines is 3. The number of carbonyl (C=O) groups excluding carboxylic acids is 2. The number of nitrogens with zero attached hydrogens (tertiary/aromatic N) is 5. The van der Waals surface area contributed by atoms with Gasteiger partial charge >= 0.3 is 24.1 Å². The Morgan fingerprint density at radius 2 is 1.57 bits per heavy atom. The molecule has 14 heteroatoms. The summed E-state index contributed by atoms with van der Waals surface area (Å²) in [7, 11) is 1.63. The minimum Gasteiger partial charge on any atom is -0.480 e. The average Bonchev–Trinajstić information content (AvgIpc) is 3.10. The lowest BCUT2D eigenvalue weighted by atomic mass is 10.1. The fourth-order valence-electron chi connectivity index (χ4n) is 4.00. The van der Waals surface area contributed by atoms with E-state index in [1.54, 1.807) is 24.1 Å². The van der Waals surface area contributed by atoms with E-state index in [2.05, 4.69) is 22.2 Å². The number of halogens is 3. The second kappa shape index (κ2) is 25.5. The van der Waals surface area contributed by atoms with Gasteiger partial charge in [-0.3, -0.25) is 9.69 Å². The van der Waals surface area contributed by atoms with E-state index in [-0.39, 0.29) is 28.8 Å². The molecule has 2 aromatic rings. The van der Waals surface area contributed by atoms with Crippen LogP contribution in [0.5, 0.6) is 5.75 Å². The molecule has 2 N–H and O–H groups in total. The highest BCUT2D eigenvalue weighted by Crippen LogP contribution is 2.30. The van der Waals surface area contributed by atoms with Crippen molar-refractivity contribution in [3.8, 4) is 18.1 Å². The molecule has 0 saturated carbocycles. The number of aromatic nitrogens is 2. The van der Waals surface area contributed by atoms with Crippen LogP contribution in [0.2, 0.25) is 0 Å². The van der Waals surface area contributed by atoms with Crippen molar-refractivity contribution in [3.05, 3.63) is 36.0 Å². The van der Waals surface area contributed by atoms with Gasteiger partial charge in [0.05, 0.1) is 12.7 Å². The van der Waals surface area contributed by atoms with Crippen molar-refractivity contribution in [2.24, 2.45) is 0 Å². The summed E-state index contributed by atoms with van der Waals surface area (Å²) in [6, 6.07) is 4.77. The summed E-state index contributed by atoms with van der Waals surface area (Å²) >= 11 is 0. The molecule has 0 fully saturated rings. The number of terminal acetylenes is 1. The van der Waals surface area contributed by atoms with Crippen molar-refractivity contribution in [2.45, 2.75) is 100 Å². The van der Waals surface area contributed by atoms with Gasteiger partial charge in [-0.2, -0.15) is 18.2 Å². The summed E-state index contributed by atoms with van der Waals surface area (Å²) in [4.78, 5) is 48.6. The highest BCUT2D eigenvalue weighted by atomic mass is 19.4. The van der Waals surface area contributed by atoms with Gasteiger partial charge in [-0.05, 0) is 38.0 Å². The van der Waals surface area contributed by atoms with E-state index < -0.39 is 42.4 Å². The van der Waals surface area contributed by atoms with Crippen LogP contribution in [0.15, 0.2) is 30.5 Å². The lowest BCUT2D eigenvalue weighted by Crippen LogP contribution is -2.42. The van der Waals surface area contributed by atoms with Gasteiger partial charge in [0.25, 0.3) is 0 Å². The third-order valence-electron chi connectivity index (χ3n) is 6.42. The summed E-state index contributed by atoms with van der Waals surface area (Å²) in [5, 5.41) is 12.6. The van der Waals surface area contributed by atoms with Crippen LogP contribution in [-0.4, -0.2) is 83.4 Å². The molecule has 1 aromatic heterocycles. The molecule has 49 heavy (non-hydrogen) atoms. The van der Waals surface area contributed by atoms with Crippen molar-refractivity contribution >= 4 is 35.4 Å². The highest BCUT2D eigenvalue weighted by Gasteiger charge is 2.44. The molecule has 2 amide bonds. The third kappa shape index (κ3) is 15.9. The predicted octanol–water partition coefficient (Wildman–Crippen LogP) is 7.66. The second-order valence-corrected chi connectivity index (χ2v) is 9.55. The largest absolute Gasteiger partial charge is 0.480 e. The quantitative estimate of drug-likeness (QED) is 0.143. The van der Waals surface area contributed by atoms with Crippen LogP contribution in [0, 0.1) is 12.3 Å². The van der Waals surface area contributed by atoms with Crippen molar-refractivity contribution < 1.29 is 37.4 Å². The molecular weight excluding hydrogens is 641 g/mol. The SMILES string of the molecule is C#CCN(C(=O)C(F)(F)F)c1cnc(N(CC)CC)nc1NC(Cc1ccc(OC(=O)N(C)CCCCC)cc1)C(=O)O.CC.CC.CC. The van der Waals surface area contributed by atoms with Gasteiger partial charge in [-0.15, -0.1) is 6.42 Å². The standard InChI is InChI=1S/C29H37F3N6O5.3C2H6/c1-6-10-11-17-36(5)28(42)43-21-14-12-20(13-15-21)18-22(25(39)40)34-24-23(19-33-27(35-24)37(8-3)9-4)38(16-7-2)26(41)29(30,31)32;3*1-2/h2,12-15,19,22H,6,8-11,16-18H2,1,3-5H3,(H,39,40)(H,33,34,35);3*1-2H3. The zero-order chi connectivity index (χ0) is 38.2. The van der Waals surface area contributed by atoms with Crippen LogP contribution in [0.1, 0.15) is 87.1 Å². The van der Waals surface area contributed by atoms with E-state index in [1.165, 1.54) is 17.0 Å². The molecule has 0 aliphatic heterocycles. The summed E-state index contributed by atoms with van der Waals surface area (Å²) in [6.45, 7) is 18.4. The van der Waals surface area contributed by atoms with E-state index in [4.69, 9.17) is 11.2 Å². The lowest BCUT2D eigenvalue weighted by molar-refractivity contribution is -0.170. The van der Waals surface area contributed by atoms with Gasteiger partial charge in [-0.1, -0.05) is 79.4 Å². The van der Waals surface area contributed by atoms with Gasteiger partial charge in [-0.25, -0.2) is 14.6 Å². The zero-order valence-electron chi connectivity index (χ0n) is 30.6. The zero-order valence-corrected chi connectivity index (χ0v) is 30.6. The molecule has 0 aliphatic carbocycles. The van der Waals surface area contributed by atoms with Crippen LogP contribution in [0.3, 0.4) is 0 Å². The topological polar surface area (TPSA) is 128 Å². The van der Waals surface area contributed by atoms with Crippen LogP contribution in [0.4, 0.5) is 35.4 Å². The number of carbonyl (C=O) groups is 3. The molecular formula is C35H55F3N6O5. The summed E-state index contributed by atoms with van der Waals surface area (Å²) in [5.41, 5.74) is 0.0927. The van der Waals surface area contributed by atoms with Crippen molar-refractivity contribution in [1.82, 2.24) is 14.9 Å². The molecule has 1 unspecified atom stereocenters. The molecule has 0 saturated heterocycles. The normalized spacial score (nSPS) is 10.6. The van der Waals surface area contributed by atoms with Gasteiger partial charge in [0, 0.05) is 33.1 Å². The van der Waals surface area contributed by atoms with Crippen molar-refractivity contribution in [2.75, 3.05) is 48.3 Å². The van der Waals surface area contributed by atoms with Crippen molar-refractivity contribution in [1.29, 1.82) is 0 Å². The number of benzene rings is 1. The van der Waals surface area contributed by atoms with E-state index in [0.717, 1.165) is 25.5 Å². The van der Waals surface area contributed by atoms with E-state index >= 15 is 0 Å². The number of carboxylic acids is 1. The molecule has 2 rings (SSSR count). The number of hydrogen-bond acceptors (Lipinski definition) is 8. The second-order valence-electron chi connectivity index (χ2n) is 9.55.